The maximum Gasteiger partial charge on any atom is 0.512 e. The number of nitrogens with two attached hydrogens (primary N) is 1. The first-order valence-electron chi connectivity index (χ1n) is 5.32. The van der Waals surface area contributed by atoms with Crippen molar-refractivity contribution in [1.82, 2.24) is 4.98 Å². The van der Waals surface area contributed by atoms with Crippen molar-refractivity contribution in [3.8, 4) is 17.1 Å². The predicted octanol–water partition coefficient (Wildman–Crippen LogP) is 3.97. The molecular formula is C12H6Cl2F2N2O3. The molecule has 2 aromatic rings. The van der Waals surface area contributed by atoms with E-state index in [1.165, 1.54) is 12.1 Å². The van der Waals surface area contributed by atoms with Gasteiger partial charge in [0.05, 0.1) is 5.69 Å². The summed E-state index contributed by atoms with van der Waals surface area (Å²) < 4.78 is 32.2. The summed E-state index contributed by atoms with van der Waals surface area (Å²) in [5.41, 5.74) is 4.00. The number of nitrogens with zero attached hydrogens (tertiary/aromatic N) is 1. The molecule has 0 fully saturated rings. The molecule has 0 bridgehead atoms. The first-order valence-corrected chi connectivity index (χ1v) is 6.07. The highest BCUT2D eigenvalue weighted by molar-refractivity contribution is 6.34. The average Bonchev–Trinajstić information content (AvgIpc) is 2.40. The van der Waals surface area contributed by atoms with Gasteiger partial charge < -0.3 is 15.6 Å². The molecule has 110 valence electrons. The molecule has 0 amide bonds. The van der Waals surface area contributed by atoms with Crippen LogP contribution in [0.25, 0.3) is 11.3 Å². The fourth-order valence-corrected chi connectivity index (χ4v) is 1.87. The monoisotopic (exact) mass is 334 g/mol. The van der Waals surface area contributed by atoms with Crippen molar-refractivity contribution < 1.29 is 23.4 Å². The zero-order chi connectivity index (χ0) is 15.7. The molecule has 0 radical (unpaired) electrons. The summed E-state index contributed by atoms with van der Waals surface area (Å²) in [6.07, 6.45) is -1.72. The molecule has 5 nitrogen and oxygen atoms in total. The molecule has 0 aliphatic heterocycles. The van der Waals surface area contributed by atoms with Crippen LogP contribution in [0.5, 0.6) is 5.88 Å². The summed E-state index contributed by atoms with van der Waals surface area (Å²) in [5, 5.41) is 8.13. The van der Waals surface area contributed by atoms with E-state index in [0.29, 0.717) is 0 Å². The zero-order valence-electron chi connectivity index (χ0n) is 10.0. The van der Waals surface area contributed by atoms with Gasteiger partial charge in [0.25, 0.3) is 0 Å². The van der Waals surface area contributed by atoms with Crippen molar-refractivity contribution in [3.05, 3.63) is 39.9 Å². The van der Waals surface area contributed by atoms with Gasteiger partial charge in [0.2, 0.25) is 5.88 Å². The average molecular weight is 335 g/mol. The smallest absolute Gasteiger partial charge is 0.449 e. The number of pyridine rings is 1. The van der Waals surface area contributed by atoms with Gasteiger partial charge in [-0.2, -0.15) is 0 Å². The Hall–Kier alpha value is -2.12. The minimum absolute atomic E-state index is 0.0978. The number of nitrogen functional groups attached to an aromatic ring is 1. The highest BCUT2D eigenvalue weighted by Gasteiger charge is 2.22. The molecule has 0 atom stereocenters. The van der Waals surface area contributed by atoms with E-state index in [2.05, 4.69) is 9.72 Å². The van der Waals surface area contributed by atoms with Crippen molar-refractivity contribution >= 4 is 35.0 Å². The van der Waals surface area contributed by atoms with Crippen molar-refractivity contribution in [2.24, 2.45) is 0 Å². The van der Waals surface area contributed by atoms with Crippen LogP contribution in [0.15, 0.2) is 18.2 Å². The Morgan fingerprint density at radius 2 is 2.00 bits per heavy atom. The van der Waals surface area contributed by atoms with Crippen LogP contribution in [-0.4, -0.2) is 16.2 Å². The van der Waals surface area contributed by atoms with Gasteiger partial charge in [-0.25, -0.2) is 18.6 Å². The van der Waals surface area contributed by atoms with E-state index < -0.39 is 40.1 Å². The van der Waals surface area contributed by atoms with Crippen molar-refractivity contribution in [3.63, 3.8) is 0 Å². The van der Waals surface area contributed by atoms with Gasteiger partial charge in [-0.05, 0) is 18.2 Å². The lowest BCUT2D eigenvalue weighted by Crippen LogP contribution is -2.08. The Morgan fingerprint density at radius 3 is 2.57 bits per heavy atom. The molecule has 2 rings (SSSR count). The normalized spacial score (nSPS) is 10.5. The molecule has 0 saturated carbocycles. The van der Waals surface area contributed by atoms with Crippen molar-refractivity contribution in [2.75, 3.05) is 5.73 Å². The van der Waals surface area contributed by atoms with Crippen LogP contribution in [0, 0.1) is 11.6 Å². The third kappa shape index (κ3) is 2.98. The summed E-state index contributed by atoms with van der Waals surface area (Å²) in [7, 11) is 0. The lowest BCUT2D eigenvalue weighted by Gasteiger charge is -2.11. The Labute approximate surface area is 126 Å². The summed E-state index contributed by atoms with van der Waals surface area (Å²) in [6.45, 7) is 0. The standard InChI is InChI=1S/C12H6Cl2F2N2O3/c13-4-1-2-5(6(15)3-4)10-8(16)9(17)7(14)11(18-10)21-12(19)20/h1-3H,(H2,17,18)(H,19,20). The number of carbonyl (C=O) groups is 1. The lowest BCUT2D eigenvalue weighted by molar-refractivity contribution is 0.142. The van der Waals surface area contributed by atoms with Crippen LogP contribution in [0.1, 0.15) is 0 Å². The highest BCUT2D eigenvalue weighted by Crippen LogP contribution is 2.37. The van der Waals surface area contributed by atoms with Gasteiger partial charge in [0, 0.05) is 10.6 Å². The van der Waals surface area contributed by atoms with Gasteiger partial charge in [-0.3, -0.25) is 0 Å². The molecule has 1 aromatic heterocycles. The zero-order valence-corrected chi connectivity index (χ0v) is 11.5. The molecular weight excluding hydrogens is 329 g/mol. The predicted molar refractivity (Wildman–Crippen MR) is 72.7 cm³/mol. The lowest BCUT2D eigenvalue weighted by atomic mass is 10.1. The van der Waals surface area contributed by atoms with Gasteiger partial charge in [-0.1, -0.05) is 23.2 Å². The van der Waals surface area contributed by atoms with Crippen LogP contribution in [0.2, 0.25) is 10.0 Å². The molecule has 21 heavy (non-hydrogen) atoms. The number of halogens is 4. The van der Waals surface area contributed by atoms with Crippen LogP contribution < -0.4 is 10.5 Å². The van der Waals surface area contributed by atoms with E-state index >= 15 is 0 Å². The SMILES string of the molecule is Nc1c(F)c(-c2ccc(Cl)cc2F)nc(OC(=O)O)c1Cl. The quantitative estimate of drug-likeness (QED) is 0.811. The molecule has 0 spiro atoms. The summed E-state index contributed by atoms with van der Waals surface area (Å²) in [6, 6.07) is 3.42. The van der Waals surface area contributed by atoms with Crippen molar-refractivity contribution in [2.45, 2.75) is 0 Å². The number of aromatic nitrogens is 1. The number of hydrogen-bond acceptors (Lipinski definition) is 4. The number of hydrogen-bond donors (Lipinski definition) is 2. The van der Waals surface area contributed by atoms with Crippen LogP contribution in [0.3, 0.4) is 0 Å². The van der Waals surface area contributed by atoms with Gasteiger partial charge >= 0.3 is 6.16 Å². The number of ether oxygens (including phenoxy) is 1. The molecule has 0 unspecified atom stereocenters. The van der Waals surface area contributed by atoms with Crippen LogP contribution in [-0.2, 0) is 0 Å². The number of carboxylic acid groups (broad SMARTS) is 1. The fraction of sp³-hybridized carbons (Fsp3) is 0. The van der Waals surface area contributed by atoms with E-state index in [9.17, 15) is 13.6 Å². The molecule has 9 heteroatoms. The Balaban J connectivity index is 2.68. The van der Waals surface area contributed by atoms with Gasteiger partial charge in [0.15, 0.2) is 5.82 Å². The Morgan fingerprint density at radius 1 is 1.33 bits per heavy atom. The summed E-state index contributed by atoms with van der Waals surface area (Å²) >= 11 is 11.2. The van der Waals surface area contributed by atoms with E-state index in [0.717, 1.165) is 6.07 Å². The molecule has 0 aliphatic rings. The van der Waals surface area contributed by atoms with Gasteiger partial charge in [0.1, 0.15) is 16.5 Å². The maximum absolute atomic E-state index is 14.1. The number of anilines is 1. The third-order valence-corrected chi connectivity index (χ3v) is 3.05. The van der Waals surface area contributed by atoms with Gasteiger partial charge in [-0.15, -0.1) is 0 Å². The third-order valence-electron chi connectivity index (χ3n) is 2.45. The minimum Gasteiger partial charge on any atom is -0.449 e. The van der Waals surface area contributed by atoms with E-state index in [1.54, 1.807) is 0 Å². The second-order valence-electron chi connectivity index (χ2n) is 3.80. The minimum atomic E-state index is -1.72. The Bertz CT molecular complexity index is 741. The van der Waals surface area contributed by atoms with Crippen LogP contribution in [0.4, 0.5) is 19.3 Å². The summed E-state index contributed by atoms with van der Waals surface area (Å²) in [4.78, 5) is 14.1. The second-order valence-corrected chi connectivity index (χ2v) is 4.61. The maximum atomic E-state index is 14.1. The second kappa shape index (κ2) is 5.71. The van der Waals surface area contributed by atoms with E-state index in [4.69, 9.17) is 34.0 Å². The summed E-state index contributed by atoms with van der Waals surface area (Å²) in [5.74, 6) is -2.61. The number of benzene rings is 1. The first-order chi connectivity index (χ1) is 9.81. The molecule has 0 saturated heterocycles. The van der Waals surface area contributed by atoms with Crippen molar-refractivity contribution in [1.29, 1.82) is 0 Å². The number of rotatable bonds is 2. The molecule has 1 aromatic carbocycles. The molecule has 0 aliphatic carbocycles. The largest absolute Gasteiger partial charge is 0.512 e. The van der Waals surface area contributed by atoms with E-state index in [-0.39, 0.29) is 10.6 Å². The molecule has 1 heterocycles. The first kappa shape index (κ1) is 15.3. The molecule has 3 N–H and O–H groups in total. The van der Waals surface area contributed by atoms with E-state index in [1.807, 2.05) is 0 Å². The topological polar surface area (TPSA) is 85.4 Å². The fourth-order valence-electron chi connectivity index (χ4n) is 1.55. The Kier molecular flexibility index (Phi) is 4.15. The highest BCUT2D eigenvalue weighted by atomic mass is 35.5. The van der Waals surface area contributed by atoms with Crippen LogP contribution >= 0.6 is 23.2 Å².